The van der Waals surface area contributed by atoms with Crippen LogP contribution in [0.25, 0.3) is 0 Å². The summed E-state index contributed by atoms with van der Waals surface area (Å²) in [7, 11) is 0. The summed E-state index contributed by atoms with van der Waals surface area (Å²) in [6.45, 7) is 2.09. The summed E-state index contributed by atoms with van der Waals surface area (Å²) in [5.41, 5.74) is 1.21. The second-order valence-corrected chi connectivity index (χ2v) is 4.78. The summed E-state index contributed by atoms with van der Waals surface area (Å²) in [4.78, 5) is 11.1. The number of hydrogen-bond acceptors (Lipinski definition) is 2. The lowest BCUT2D eigenvalue weighted by Crippen LogP contribution is -2.37. The summed E-state index contributed by atoms with van der Waals surface area (Å²) >= 11 is 0. The van der Waals surface area contributed by atoms with Gasteiger partial charge < -0.3 is 10.4 Å². The highest BCUT2D eigenvalue weighted by molar-refractivity contribution is 5.71. The van der Waals surface area contributed by atoms with E-state index in [2.05, 4.69) is 24.4 Å². The zero-order valence-electron chi connectivity index (χ0n) is 10.1. The molecule has 1 aliphatic rings. The second kappa shape index (κ2) is 5.32. The molecule has 17 heavy (non-hydrogen) atoms. The molecule has 0 amide bonds. The molecule has 3 nitrogen and oxygen atoms in total. The van der Waals surface area contributed by atoms with Crippen LogP contribution in [-0.2, 0) is 4.79 Å². The Labute approximate surface area is 102 Å². The monoisotopic (exact) mass is 233 g/mol. The van der Waals surface area contributed by atoms with E-state index in [1.165, 1.54) is 5.56 Å². The number of rotatable bonds is 4. The molecule has 1 aliphatic carbocycles. The lowest BCUT2D eigenvalue weighted by atomic mass is 10.0. The van der Waals surface area contributed by atoms with Crippen molar-refractivity contribution < 1.29 is 9.90 Å². The molecule has 0 unspecified atom stereocenters. The molecule has 1 fully saturated rings. The smallest absolute Gasteiger partial charge is 0.308 e. The Morgan fingerprint density at radius 1 is 1.35 bits per heavy atom. The minimum absolute atomic E-state index is 0.114. The third-order valence-corrected chi connectivity index (χ3v) is 3.60. The first-order valence-electron chi connectivity index (χ1n) is 6.22. The van der Waals surface area contributed by atoms with Crippen molar-refractivity contribution >= 4 is 5.97 Å². The molecule has 0 saturated heterocycles. The number of carbonyl (C=O) groups is 1. The molecule has 92 valence electrons. The Bertz CT molecular complexity index is 377. The zero-order valence-corrected chi connectivity index (χ0v) is 10.1. The molecule has 1 saturated carbocycles. The number of benzene rings is 1. The van der Waals surface area contributed by atoms with Crippen LogP contribution < -0.4 is 5.32 Å². The average Bonchev–Trinajstić information content (AvgIpc) is 2.78. The SMILES string of the molecule is C[C@@H](N[C@@H]1CCC[C@H]1C(=O)O)c1ccccc1. The number of aliphatic carboxylic acids is 1. The molecule has 1 aromatic carbocycles. The van der Waals surface area contributed by atoms with Crippen molar-refractivity contribution in [2.45, 2.75) is 38.3 Å². The zero-order chi connectivity index (χ0) is 12.3. The van der Waals surface area contributed by atoms with E-state index in [0.29, 0.717) is 0 Å². The predicted molar refractivity (Wildman–Crippen MR) is 66.8 cm³/mol. The molecular weight excluding hydrogens is 214 g/mol. The number of nitrogens with one attached hydrogen (secondary N) is 1. The Morgan fingerprint density at radius 2 is 2.06 bits per heavy atom. The van der Waals surface area contributed by atoms with E-state index in [0.717, 1.165) is 19.3 Å². The first-order chi connectivity index (χ1) is 8.18. The number of carboxylic acids is 1. The van der Waals surface area contributed by atoms with Gasteiger partial charge in [0, 0.05) is 12.1 Å². The summed E-state index contributed by atoms with van der Waals surface area (Å²) in [5.74, 6) is -0.888. The minimum Gasteiger partial charge on any atom is -0.481 e. The Morgan fingerprint density at radius 3 is 2.71 bits per heavy atom. The molecule has 3 atom stereocenters. The maximum Gasteiger partial charge on any atom is 0.308 e. The number of carboxylic acid groups (broad SMARTS) is 1. The standard InChI is InChI=1S/C14H19NO2/c1-10(11-6-3-2-4-7-11)15-13-9-5-8-12(13)14(16)17/h2-4,6-7,10,12-13,15H,5,8-9H2,1H3,(H,16,17)/t10-,12-,13-/m1/s1. The van der Waals surface area contributed by atoms with Gasteiger partial charge in [0.1, 0.15) is 0 Å². The van der Waals surface area contributed by atoms with Crippen molar-refractivity contribution in [3.05, 3.63) is 35.9 Å². The fourth-order valence-electron chi connectivity index (χ4n) is 2.61. The first kappa shape index (κ1) is 12.1. The molecule has 2 rings (SSSR count). The van der Waals surface area contributed by atoms with Gasteiger partial charge in [-0.05, 0) is 25.3 Å². The van der Waals surface area contributed by atoms with E-state index in [9.17, 15) is 4.79 Å². The van der Waals surface area contributed by atoms with E-state index < -0.39 is 5.97 Å². The minimum atomic E-state index is -0.666. The van der Waals surface area contributed by atoms with Gasteiger partial charge in [0.25, 0.3) is 0 Å². The van der Waals surface area contributed by atoms with Gasteiger partial charge in [-0.25, -0.2) is 0 Å². The van der Waals surface area contributed by atoms with Gasteiger partial charge in [-0.15, -0.1) is 0 Å². The summed E-state index contributed by atoms with van der Waals surface area (Å²) < 4.78 is 0. The van der Waals surface area contributed by atoms with Gasteiger partial charge in [-0.1, -0.05) is 36.8 Å². The second-order valence-electron chi connectivity index (χ2n) is 4.78. The maximum absolute atomic E-state index is 11.1. The van der Waals surface area contributed by atoms with Crippen LogP contribution in [0.4, 0.5) is 0 Å². The Balaban J connectivity index is 1.99. The average molecular weight is 233 g/mol. The summed E-state index contributed by atoms with van der Waals surface area (Å²) in [5, 5.41) is 12.6. The van der Waals surface area contributed by atoms with Gasteiger partial charge in [0.2, 0.25) is 0 Å². The molecule has 0 bridgehead atoms. The van der Waals surface area contributed by atoms with E-state index in [1.54, 1.807) is 0 Å². The van der Waals surface area contributed by atoms with Gasteiger partial charge >= 0.3 is 5.97 Å². The van der Waals surface area contributed by atoms with Crippen molar-refractivity contribution in [2.75, 3.05) is 0 Å². The molecule has 1 aromatic rings. The normalized spacial score (nSPS) is 25.7. The van der Waals surface area contributed by atoms with E-state index in [-0.39, 0.29) is 18.0 Å². The Hall–Kier alpha value is -1.35. The van der Waals surface area contributed by atoms with Crippen LogP contribution in [0, 0.1) is 5.92 Å². The topological polar surface area (TPSA) is 49.3 Å². The fourth-order valence-corrected chi connectivity index (χ4v) is 2.61. The quantitative estimate of drug-likeness (QED) is 0.840. The van der Waals surface area contributed by atoms with Crippen LogP contribution in [0.3, 0.4) is 0 Å². The van der Waals surface area contributed by atoms with Crippen LogP contribution in [0.15, 0.2) is 30.3 Å². The predicted octanol–water partition coefficient (Wildman–Crippen LogP) is 2.59. The van der Waals surface area contributed by atoms with Crippen molar-refractivity contribution in [1.82, 2.24) is 5.32 Å². The molecule has 0 radical (unpaired) electrons. The van der Waals surface area contributed by atoms with Crippen molar-refractivity contribution in [1.29, 1.82) is 0 Å². The first-order valence-corrected chi connectivity index (χ1v) is 6.22. The maximum atomic E-state index is 11.1. The van der Waals surface area contributed by atoms with Crippen LogP contribution in [0.1, 0.15) is 37.8 Å². The van der Waals surface area contributed by atoms with Gasteiger partial charge in [-0.3, -0.25) is 4.79 Å². The Kier molecular flexibility index (Phi) is 3.79. The fraction of sp³-hybridized carbons (Fsp3) is 0.500. The molecule has 0 heterocycles. The lowest BCUT2D eigenvalue weighted by Gasteiger charge is -2.23. The molecule has 0 spiro atoms. The molecule has 0 aromatic heterocycles. The highest BCUT2D eigenvalue weighted by Crippen LogP contribution is 2.28. The van der Waals surface area contributed by atoms with Crippen LogP contribution in [0.5, 0.6) is 0 Å². The number of hydrogen-bond donors (Lipinski definition) is 2. The largest absolute Gasteiger partial charge is 0.481 e. The molecule has 3 heteroatoms. The molecule has 2 N–H and O–H groups in total. The summed E-state index contributed by atoms with van der Waals surface area (Å²) in [6.07, 6.45) is 2.78. The lowest BCUT2D eigenvalue weighted by molar-refractivity contribution is -0.142. The highest BCUT2D eigenvalue weighted by Gasteiger charge is 2.33. The van der Waals surface area contributed by atoms with Gasteiger partial charge in [0.05, 0.1) is 5.92 Å². The van der Waals surface area contributed by atoms with Gasteiger partial charge in [-0.2, -0.15) is 0 Å². The van der Waals surface area contributed by atoms with E-state index in [4.69, 9.17) is 5.11 Å². The molecular formula is C14H19NO2. The molecule has 0 aliphatic heterocycles. The van der Waals surface area contributed by atoms with Crippen molar-refractivity contribution in [3.63, 3.8) is 0 Å². The van der Waals surface area contributed by atoms with Crippen LogP contribution in [0.2, 0.25) is 0 Å². The van der Waals surface area contributed by atoms with Crippen molar-refractivity contribution in [2.24, 2.45) is 5.92 Å². The third kappa shape index (κ3) is 2.86. The summed E-state index contributed by atoms with van der Waals surface area (Å²) in [6, 6.07) is 10.5. The van der Waals surface area contributed by atoms with Crippen LogP contribution in [-0.4, -0.2) is 17.1 Å². The highest BCUT2D eigenvalue weighted by atomic mass is 16.4. The van der Waals surface area contributed by atoms with E-state index in [1.807, 2.05) is 18.2 Å². The van der Waals surface area contributed by atoms with E-state index >= 15 is 0 Å². The van der Waals surface area contributed by atoms with Gasteiger partial charge in [0.15, 0.2) is 0 Å². The van der Waals surface area contributed by atoms with Crippen molar-refractivity contribution in [3.8, 4) is 0 Å². The van der Waals surface area contributed by atoms with Crippen LogP contribution >= 0.6 is 0 Å². The third-order valence-electron chi connectivity index (χ3n) is 3.60.